The van der Waals surface area contributed by atoms with Crippen LogP contribution < -0.4 is 10.3 Å². The van der Waals surface area contributed by atoms with Crippen LogP contribution in [0, 0.1) is 13.8 Å². The van der Waals surface area contributed by atoms with E-state index in [0.717, 1.165) is 58.9 Å². The Kier molecular flexibility index (Phi) is 6.84. The standard InChI is InChI=1S/C24H26N4O2S/c1-17-4-3-5-21-22(14-18(2)26-24(17)21)31-16-23(29)27-25-15-19-6-8-20(9-7-19)28-10-12-30-13-11-28/h3-9,14-15H,10-13,16H2,1-2H3,(H,27,29)/b25-15+. The van der Waals surface area contributed by atoms with Crippen molar-refractivity contribution in [1.82, 2.24) is 10.4 Å². The van der Waals surface area contributed by atoms with Gasteiger partial charge in [-0.15, -0.1) is 11.8 Å². The van der Waals surface area contributed by atoms with Crippen LogP contribution in [0.2, 0.25) is 0 Å². The molecule has 0 unspecified atom stereocenters. The lowest BCUT2D eigenvalue weighted by molar-refractivity contribution is -0.118. The minimum absolute atomic E-state index is 0.138. The maximum Gasteiger partial charge on any atom is 0.250 e. The number of rotatable bonds is 6. The first-order valence-corrected chi connectivity index (χ1v) is 11.3. The summed E-state index contributed by atoms with van der Waals surface area (Å²) >= 11 is 1.50. The van der Waals surface area contributed by atoms with Crippen molar-refractivity contribution in [2.45, 2.75) is 18.7 Å². The summed E-state index contributed by atoms with van der Waals surface area (Å²) in [5.41, 5.74) is 7.81. The zero-order valence-corrected chi connectivity index (χ0v) is 18.6. The molecule has 0 bridgehead atoms. The van der Waals surface area contributed by atoms with Gasteiger partial charge in [0.15, 0.2) is 0 Å². The summed E-state index contributed by atoms with van der Waals surface area (Å²) in [6.45, 7) is 7.38. The number of hydrogen-bond donors (Lipinski definition) is 1. The highest BCUT2D eigenvalue weighted by atomic mass is 32.2. The maximum absolute atomic E-state index is 12.3. The number of anilines is 1. The number of para-hydroxylation sites is 1. The van der Waals surface area contributed by atoms with E-state index in [1.807, 2.05) is 37.3 Å². The molecule has 6 nitrogen and oxygen atoms in total. The van der Waals surface area contributed by atoms with E-state index in [9.17, 15) is 4.79 Å². The Morgan fingerprint density at radius 2 is 1.97 bits per heavy atom. The van der Waals surface area contributed by atoms with E-state index in [-0.39, 0.29) is 5.91 Å². The average Bonchev–Trinajstić information content (AvgIpc) is 2.79. The smallest absolute Gasteiger partial charge is 0.250 e. The Labute approximate surface area is 186 Å². The number of carbonyl (C=O) groups is 1. The number of aryl methyl sites for hydroxylation is 2. The highest BCUT2D eigenvalue weighted by molar-refractivity contribution is 8.00. The fourth-order valence-electron chi connectivity index (χ4n) is 3.55. The molecule has 0 spiro atoms. The van der Waals surface area contributed by atoms with Gasteiger partial charge in [0.2, 0.25) is 5.91 Å². The molecule has 1 aromatic heterocycles. The Hall–Kier alpha value is -2.90. The molecular formula is C24H26N4O2S. The van der Waals surface area contributed by atoms with Crippen LogP contribution in [0.4, 0.5) is 5.69 Å². The number of aromatic nitrogens is 1. The quantitative estimate of drug-likeness (QED) is 0.362. The van der Waals surface area contributed by atoms with E-state index in [4.69, 9.17) is 4.74 Å². The van der Waals surface area contributed by atoms with E-state index in [2.05, 4.69) is 45.5 Å². The van der Waals surface area contributed by atoms with Crippen LogP contribution in [0.5, 0.6) is 0 Å². The number of nitrogens with zero attached hydrogens (tertiary/aromatic N) is 3. The molecule has 160 valence electrons. The molecule has 1 N–H and O–H groups in total. The lowest BCUT2D eigenvalue weighted by Gasteiger charge is -2.28. The molecule has 1 amide bonds. The first-order chi connectivity index (χ1) is 15.1. The van der Waals surface area contributed by atoms with Crippen LogP contribution in [-0.2, 0) is 9.53 Å². The molecule has 4 rings (SSSR count). The number of morpholine rings is 1. The molecule has 3 aromatic rings. The molecule has 7 heteroatoms. The van der Waals surface area contributed by atoms with Crippen LogP contribution in [0.15, 0.2) is 58.5 Å². The summed E-state index contributed by atoms with van der Waals surface area (Å²) in [6, 6.07) is 16.3. The monoisotopic (exact) mass is 434 g/mol. The number of fused-ring (bicyclic) bond motifs is 1. The SMILES string of the molecule is Cc1cc(SCC(=O)N/N=C/c2ccc(N3CCOCC3)cc2)c2cccc(C)c2n1. The fraction of sp³-hybridized carbons (Fsp3) is 0.292. The van der Waals surface area contributed by atoms with Gasteiger partial charge in [0.05, 0.1) is 30.7 Å². The van der Waals surface area contributed by atoms with E-state index >= 15 is 0 Å². The third-order valence-corrected chi connectivity index (χ3v) is 6.22. The minimum Gasteiger partial charge on any atom is -0.378 e. The van der Waals surface area contributed by atoms with Gasteiger partial charge in [-0.25, -0.2) is 5.43 Å². The molecule has 31 heavy (non-hydrogen) atoms. The minimum atomic E-state index is -0.138. The first kappa shape index (κ1) is 21.3. The molecule has 0 radical (unpaired) electrons. The van der Waals surface area contributed by atoms with Crippen molar-refractivity contribution in [1.29, 1.82) is 0 Å². The Balaban J connectivity index is 1.32. The number of amides is 1. The van der Waals surface area contributed by atoms with Gasteiger partial charge in [-0.05, 0) is 43.2 Å². The number of thioether (sulfide) groups is 1. The van der Waals surface area contributed by atoms with Gasteiger partial charge in [-0.2, -0.15) is 5.10 Å². The molecule has 2 heterocycles. The van der Waals surface area contributed by atoms with Crippen molar-refractivity contribution in [3.8, 4) is 0 Å². The van der Waals surface area contributed by atoms with Gasteiger partial charge in [0.1, 0.15) is 0 Å². The molecule has 2 aromatic carbocycles. The molecule has 0 saturated carbocycles. The second-order valence-electron chi connectivity index (χ2n) is 7.51. The van der Waals surface area contributed by atoms with E-state index in [1.54, 1.807) is 6.21 Å². The first-order valence-electron chi connectivity index (χ1n) is 10.3. The average molecular weight is 435 g/mol. The Bertz CT molecular complexity index is 1090. The Morgan fingerprint density at radius 3 is 2.74 bits per heavy atom. The van der Waals surface area contributed by atoms with Crippen LogP contribution in [0.25, 0.3) is 10.9 Å². The lowest BCUT2D eigenvalue weighted by Crippen LogP contribution is -2.36. The molecule has 1 saturated heterocycles. The van der Waals surface area contributed by atoms with Gasteiger partial charge < -0.3 is 9.64 Å². The van der Waals surface area contributed by atoms with Crippen LogP contribution in [0.1, 0.15) is 16.8 Å². The number of ether oxygens (including phenoxy) is 1. The van der Waals surface area contributed by atoms with Crippen molar-refractivity contribution in [3.05, 3.63) is 65.4 Å². The predicted molar refractivity (Wildman–Crippen MR) is 127 cm³/mol. The van der Waals surface area contributed by atoms with Crippen molar-refractivity contribution >= 4 is 40.5 Å². The van der Waals surface area contributed by atoms with Gasteiger partial charge in [0.25, 0.3) is 0 Å². The largest absolute Gasteiger partial charge is 0.378 e. The summed E-state index contributed by atoms with van der Waals surface area (Å²) < 4.78 is 5.39. The second-order valence-corrected chi connectivity index (χ2v) is 8.52. The lowest BCUT2D eigenvalue weighted by atomic mass is 10.1. The highest BCUT2D eigenvalue weighted by Gasteiger charge is 2.11. The van der Waals surface area contributed by atoms with Crippen LogP contribution >= 0.6 is 11.8 Å². The molecule has 1 aliphatic heterocycles. The third kappa shape index (κ3) is 5.42. The van der Waals surface area contributed by atoms with E-state index in [1.165, 1.54) is 17.4 Å². The number of hydrazone groups is 1. The fourth-order valence-corrected chi connectivity index (χ4v) is 4.47. The molecular weight excluding hydrogens is 408 g/mol. The third-order valence-electron chi connectivity index (χ3n) is 5.16. The summed E-state index contributed by atoms with van der Waals surface area (Å²) in [6.07, 6.45) is 1.67. The summed E-state index contributed by atoms with van der Waals surface area (Å²) in [5, 5.41) is 5.18. The summed E-state index contributed by atoms with van der Waals surface area (Å²) in [5.74, 6) is 0.154. The number of carbonyl (C=O) groups excluding carboxylic acids is 1. The predicted octanol–water partition coefficient (Wildman–Crippen LogP) is 3.93. The van der Waals surface area contributed by atoms with Gasteiger partial charge in [-0.1, -0.05) is 30.3 Å². The summed E-state index contributed by atoms with van der Waals surface area (Å²) in [7, 11) is 0. The topological polar surface area (TPSA) is 66.8 Å². The van der Waals surface area contributed by atoms with Crippen LogP contribution in [-0.4, -0.2) is 49.2 Å². The zero-order valence-electron chi connectivity index (χ0n) is 17.8. The number of nitrogens with one attached hydrogen (secondary N) is 1. The van der Waals surface area contributed by atoms with Crippen molar-refractivity contribution < 1.29 is 9.53 Å². The normalized spacial score (nSPS) is 14.3. The molecule has 1 aliphatic rings. The van der Waals surface area contributed by atoms with Gasteiger partial charge in [0, 0.05) is 34.8 Å². The number of hydrogen-bond acceptors (Lipinski definition) is 6. The van der Waals surface area contributed by atoms with E-state index < -0.39 is 0 Å². The summed E-state index contributed by atoms with van der Waals surface area (Å²) in [4.78, 5) is 20.3. The van der Waals surface area contributed by atoms with Gasteiger partial charge in [-0.3, -0.25) is 9.78 Å². The highest BCUT2D eigenvalue weighted by Crippen LogP contribution is 2.29. The van der Waals surface area contributed by atoms with Crippen molar-refractivity contribution in [2.75, 3.05) is 37.0 Å². The molecule has 0 aliphatic carbocycles. The Morgan fingerprint density at radius 1 is 1.19 bits per heavy atom. The maximum atomic E-state index is 12.3. The van der Waals surface area contributed by atoms with Crippen LogP contribution in [0.3, 0.4) is 0 Å². The van der Waals surface area contributed by atoms with Crippen molar-refractivity contribution in [3.63, 3.8) is 0 Å². The molecule has 1 fully saturated rings. The van der Waals surface area contributed by atoms with Gasteiger partial charge >= 0.3 is 0 Å². The molecule has 0 atom stereocenters. The van der Waals surface area contributed by atoms with Crippen molar-refractivity contribution in [2.24, 2.45) is 5.10 Å². The van der Waals surface area contributed by atoms with E-state index in [0.29, 0.717) is 5.75 Å². The second kappa shape index (κ2) is 9.94. The number of benzene rings is 2. The zero-order chi connectivity index (χ0) is 21.6. The number of pyridine rings is 1.